The number of nitrogens with one attached hydrogen (secondary N) is 1. The minimum absolute atomic E-state index is 0.0137. The first-order valence-electron chi connectivity index (χ1n) is 9.60. The van der Waals surface area contributed by atoms with E-state index in [4.69, 9.17) is 11.5 Å². The highest BCUT2D eigenvalue weighted by molar-refractivity contribution is 5.85. The molecule has 160 valence electrons. The second-order valence-corrected chi connectivity index (χ2v) is 7.17. The molecular weight excluding hydrogens is 393 g/mol. The Bertz CT molecular complexity index is 930. The molecule has 0 saturated carbocycles. The molecule has 0 aromatic heterocycles. The summed E-state index contributed by atoms with van der Waals surface area (Å²) in [7, 11) is 0. The van der Waals surface area contributed by atoms with Gasteiger partial charge in [-0.1, -0.05) is 36.4 Å². The molecule has 2 aromatic rings. The van der Waals surface area contributed by atoms with Crippen molar-refractivity contribution in [2.75, 3.05) is 26.2 Å². The van der Waals surface area contributed by atoms with Crippen molar-refractivity contribution in [2.24, 2.45) is 11.5 Å². The number of para-hydroxylation sites is 1. The molecule has 0 aliphatic carbocycles. The Labute approximate surface area is 173 Å². The van der Waals surface area contributed by atoms with Crippen LogP contribution in [0.5, 0.6) is 5.75 Å². The smallest absolute Gasteiger partial charge is 0.431 e. The van der Waals surface area contributed by atoms with Crippen molar-refractivity contribution in [1.82, 2.24) is 10.2 Å². The van der Waals surface area contributed by atoms with E-state index in [1.54, 1.807) is 36.4 Å². The minimum Gasteiger partial charge on any atom is -0.507 e. The van der Waals surface area contributed by atoms with Gasteiger partial charge in [0.05, 0.1) is 0 Å². The molecule has 6 N–H and O–H groups in total. The first kappa shape index (κ1) is 21.7. The van der Waals surface area contributed by atoms with Crippen LogP contribution in [-0.2, 0) is 6.54 Å². The lowest BCUT2D eigenvalue weighted by atomic mass is 9.98. The molecule has 1 aliphatic rings. The number of hydrogen-bond acceptors (Lipinski definition) is 5. The van der Waals surface area contributed by atoms with Gasteiger partial charge < -0.3 is 21.9 Å². The van der Waals surface area contributed by atoms with E-state index in [0.29, 0.717) is 5.56 Å². The fourth-order valence-corrected chi connectivity index (χ4v) is 3.34. The number of rotatable bonds is 5. The summed E-state index contributed by atoms with van der Waals surface area (Å²) in [5.74, 6) is -0.123. The maximum Gasteiger partial charge on any atom is 0.431 e. The van der Waals surface area contributed by atoms with Crippen molar-refractivity contribution in [2.45, 2.75) is 12.7 Å². The summed E-state index contributed by atoms with van der Waals surface area (Å²) >= 11 is 0. The van der Waals surface area contributed by atoms with E-state index in [1.165, 1.54) is 12.1 Å². The van der Waals surface area contributed by atoms with E-state index in [-0.39, 0.29) is 22.6 Å². The molecule has 5 nitrogen and oxygen atoms in total. The predicted molar refractivity (Wildman–Crippen MR) is 112 cm³/mol. The lowest BCUT2D eigenvalue weighted by Crippen LogP contribution is -2.42. The summed E-state index contributed by atoms with van der Waals surface area (Å²) in [5.41, 5.74) is 11.5. The van der Waals surface area contributed by atoms with Crippen LogP contribution in [-0.4, -0.2) is 42.4 Å². The van der Waals surface area contributed by atoms with Gasteiger partial charge in [-0.25, -0.2) is 0 Å². The van der Waals surface area contributed by atoms with Gasteiger partial charge in [-0.05, 0) is 29.3 Å². The number of halogens is 3. The quantitative estimate of drug-likeness (QED) is 0.561. The number of allylic oxidation sites excluding steroid dienone is 3. The molecule has 8 heteroatoms. The first-order chi connectivity index (χ1) is 14.3. The van der Waals surface area contributed by atoms with E-state index < -0.39 is 11.9 Å². The Morgan fingerprint density at radius 2 is 1.67 bits per heavy atom. The zero-order chi connectivity index (χ0) is 21.7. The minimum atomic E-state index is -4.72. The molecule has 0 bridgehead atoms. The number of nitrogens with zero attached hydrogens (tertiary/aromatic N) is 1. The molecule has 1 heterocycles. The van der Waals surface area contributed by atoms with Crippen LogP contribution in [0.15, 0.2) is 60.3 Å². The van der Waals surface area contributed by atoms with Crippen molar-refractivity contribution in [1.29, 1.82) is 0 Å². The van der Waals surface area contributed by atoms with E-state index >= 15 is 0 Å². The molecule has 0 unspecified atom stereocenters. The van der Waals surface area contributed by atoms with Gasteiger partial charge in [0.25, 0.3) is 0 Å². The normalized spacial score (nSPS) is 17.0. The molecule has 1 saturated heterocycles. The Morgan fingerprint density at radius 1 is 1.03 bits per heavy atom. The van der Waals surface area contributed by atoms with Crippen molar-refractivity contribution >= 4 is 11.3 Å². The van der Waals surface area contributed by atoms with Crippen molar-refractivity contribution in [3.8, 4) is 5.75 Å². The molecular formula is C22H25F3N4O. The standard InChI is InChI=1S/C22H25F3N4O/c23-22(24,25)21(27)18(13-19(26)17-3-1-2-4-20(17)30)16-7-5-15(6-8-16)14-29-11-9-28-10-12-29/h1-8,13,28,30H,9-12,14,26-27H2/b19-13-,21-18+. The number of hydrogen-bond donors (Lipinski definition) is 4. The van der Waals surface area contributed by atoms with Gasteiger partial charge in [0.15, 0.2) is 0 Å². The van der Waals surface area contributed by atoms with E-state index in [9.17, 15) is 18.3 Å². The number of piperazine rings is 1. The Hall–Kier alpha value is -2.97. The van der Waals surface area contributed by atoms with Crippen LogP contribution < -0.4 is 16.8 Å². The second-order valence-electron chi connectivity index (χ2n) is 7.17. The first-order valence-corrected chi connectivity index (χ1v) is 9.60. The third-order valence-electron chi connectivity index (χ3n) is 4.99. The highest BCUT2D eigenvalue weighted by Crippen LogP contribution is 2.32. The molecule has 1 aliphatic heterocycles. The monoisotopic (exact) mass is 418 g/mol. The number of alkyl halides is 3. The maximum absolute atomic E-state index is 13.4. The van der Waals surface area contributed by atoms with Crippen LogP contribution in [0, 0.1) is 0 Å². The van der Waals surface area contributed by atoms with E-state index in [2.05, 4.69) is 10.2 Å². The summed E-state index contributed by atoms with van der Waals surface area (Å²) in [4.78, 5) is 2.28. The Morgan fingerprint density at radius 3 is 2.27 bits per heavy atom. The van der Waals surface area contributed by atoms with Gasteiger partial charge in [-0.2, -0.15) is 13.2 Å². The third-order valence-corrected chi connectivity index (χ3v) is 4.99. The van der Waals surface area contributed by atoms with Gasteiger partial charge >= 0.3 is 6.18 Å². The molecule has 0 radical (unpaired) electrons. The van der Waals surface area contributed by atoms with Gasteiger partial charge in [0.2, 0.25) is 0 Å². The van der Waals surface area contributed by atoms with Gasteiger partial charge in [0, 0.05) is 49.6 Å². The lowest BCUT2D eigenvalue weighted by molar-refractivity contribution is -0.0919. The van der Waals surface area contributed by atoms with Crippen molar-refractivity contribution in [3.05, 3.63) is 77.0 Å². The molecule has 2 aromatic carbocycles. The SMILES string of the molecule is N/C(=C\C(=C(/N)C(F)(F)F)c1ccc(CN2CCNCC2)cc1)c1ccccc1O. The number of nitrogens with two attached hydrogens (primary N) is 2. The fraction of sp³-hybridized carbons (Fsp3) is 0.273. The maximum atomic E-state index is 13.4. The summed E-state index contributed by atoms with van der Waals surface area (Å²) in [5, 5.41) is 13.2. The van der Waals surface area contributed by atoms with Crippen LogP contribution in [0.25, 0.3) is 11.3 Å². The molecule has 0 atom stereocenters. The largest absolute Gasteiger partial charge is 0.507 e. The van der Waals surface area contributed by atoms with Gasteiger partial charge in [0.1, 0.15) is 11.4 Å². The molecule has 30 heavy (non-hydrogen) atoms. The predicted octanol–water partition coefficient (Wildman–Crippen LogP) is 3.03. The number of phenolic OH excluding ortho intramolecular Hbond substituents is 1. The molecule has 0 amide bonds. The average Bonchev–Trinajstić information content (AvgIpc) is 2.72. The highest BCUT2D eigenvalue weighted by Gasteiger charge is 2.34. The summed E-state index contributed by atoms with van der Waals surface area (Å²) < 4.78 is 40.2. The zero-order valence-corrected chi connectivity index (χ0v) is 16.4. The number of phenols is 1. The Balaban J connectivity index is 1.93. The topological polar surface area (TPSA) is 87.5 Å². The highest BCUT2D eigenvalue weighted by atomic mass is 19.4. The number of benzene rings is 2. The van der Waals surface area contributed by atoms with Gasteiger partial charge in [-0.15, -0.1) is 0 Å². The van der Waals surface area contributed by atoms with Crippen LogP contribution in [0.4, 0.5) is 13.2 Å². The van der Waals surface area contributed by atoms with E-state index in [1.807, 2.05) is 0 Å². The summed E-state index contributed by atoms with van der Waals surface area (Å²) in [6, 6.07) is 13.0. The Kier molecular flexibility index (Phi) is 6.69. The summed E-state index contributed by atoms with van der Waals surface area (Å²) in [6.45, 7) is 4.42. The zero-order valence-electron chi connectivity index (χ0n) is 16.4. The molecule has 0 spiro atoms. The second kappa shape index (κ2) is 9.23. The van der Waals surface area contributed by atoms with Crippen LogP contribution >= 0.6 is 0 Å². The lowest BCUT2D eigenvalue weighted by Gasteiger charge is -2.27. The third kappa shape index (κ3) is 5.34. The van der Waals surface area contributed by atoms with Gasteiger partial charge in [-0.3, -0.25) is 4.90 Å². The molecule has 3 rings (SSSR count). The van der Waals surface area contributed by atoms with Crippen LogP contribution in [0.1, 0.15) is 16.7 Å². The van der Waals surface area contributed by atoms with Crippen molar-refractivity contribution in [3.63, 3.8) is 0 Å². The van der Waals surface area contributed by atoms with Crippen LogP contribution in [0.2, 0.25) is 0 Å². The average molecular weight is 418 g/mol. The van der Waals surface area contributed by atoms with Crippen molar-refractivity contribution < 1.29 is 18.3 Å². The fourth-order valence-electron chi connectivity index (χ4n) is 3.34. The van der Waals surface area contributed by atoms with Crippen LogP contribution in [0.3, 0.4) is 0 Å². The van der Waals surface area contributed by atoms with E-state index in [0.717, 1.165) is 44.4 Å². The number of aromatic hydroxyl groups is 1. The summed E-state index contributed by atoms with van der Waals surface area (Å²) in [6.07, 6.45) is -3.56. The molecule has 1 fully saturated rings.